The van der Waals surface area contributed by atoms with E-state index in [0.717, 1.165) is 11.3 Å². The number of aryl methyl sites for hydroxylation is 1. The van der Waals surface area contributed by atoms with E-state index in [1.54, 1.807) is 21.3 Å². The van der Waals surface area contributed by atoms with Crippen molar-refractivity contribution in [2.75, 3.05) is 21.3 Å². The van der Waals surface area contributed by atoms with E-state index in [1.807, 2.05) is 60.3 Å². The number of rotatable bonds is 5. The monoisotopic (exact) mass is 413 g/mol. The van der Waals surface area contributed by atoms with Crippen molar-refractivity contribution in [2.45, 2.75) is 0 Å². The minimum atomic E-state index is 0. The van der Waals surface area contributed by atoms with Gasteiger partial charge in [0, 0.05) is 23.8 Å². The zero-order valence-electron chi connectivity index (χ0n) is 13.2. The van der Waals surface area contributed by atoms with Crippen LogP contribution in [0.3, 0.4) is 0 Å². The molecule has 4 nitrogen and oxygen atoms in total. The van der Waals surface area contributed by atoms with Crippen molar-refractivity contribution in [2.24, 2.45) is 7.05 Å². The first-order valence-electron chi connectivity index (χ1n) is 6.63. The fourth-order valence-corrected chi connectivity index (χ4v) is 2.14. The van der Waals surface area contributed by atoms with Crippen molar-refractivity contribution in [1.82, 2.24) is 0 Å². The van der Waals surface area contributed by atoms with Crippen LogP contribution in [-0.2, 0) is 7.05 Å². The highest BCUT2D eigenvalue weighted by molar-refractivity contribution is 5.74. The van der Waals surface area contributed by atoms with Crippen molar-refractivity contribution in [3.63, 3.8) is 0 Å². The fraction of sp³-hybridized carbons (Fsp3) is 0.235. The Balaban J connectivity index is 0.00000242. The van der Waals surface area contributed by atoms with E-state index < -0.39 is 0 Å². The molecule has 118 valence electrons. The molecule has 22 heavy (non-hydrogen) atoms. The topological polar surface area (TPSA) is 31.6 Å². The number of nitrogens with zero attached hydrogens (tertiary/aromatic N) is 1. The number of ether oxygens (including phenoxy) is 3. The van der Waals surface area contributed by atoms with Crippen LogP contribution in [0.2, 0.25) is 0 Å². The van der Waals surface area contributed by atoms with Crippen molar-refractivity contribution in [1.29, 1.82) is 0 Å². The molecule has 0 aliphatic rings. The summed E-state index contributed by atoms with van der Waals surface area (Å²) >= 11 is 0. The first-order chi connectivity index (χ1) is 10.2. The molecule has 0 atom stereocenters. The zero-order chi connectivity index (χ0) is 15.2. The summed E-state index contributed by atoms with van der Waals surface area (Å²) in [4.78, 5) is 0. The first kappa shape index (κ1) is 18.3. The quantitative estimate of drug-likeness (QED) is 0.499. The highest BCUT2D eigenvalue weighted by atomic mass is 127. The normalized spacial score (nSPS) is 10.2. The van der Waals surface area contributed by atoms with Gasteiger partial charge in [0.1, 0.15) is 7.05 Å². The van der Waals surface area contributed by atoms with E-state index in [4.69, 9.17) is 14.2 Å². The van der Waals surface area contributed by atoms with Gasteiger partial charge in [0.05, 0.1) is 21.3 Å². The lowest BCUT2D eigenvalue weighted by Gasteiger charge is -2.13. The molecular formula is C17H20INO3. The number of methoxy groups -OCH3 is 3. The Kier molecular flexibility index (Phi) is 7.17. The maximum atomic E-state index is 5.47. The van der Waals surface area contributed by atoms with Gasteiger partial charge in [0.2, 0.25) is 11.4 Å². The van der Waals surface area contributed by atoms with Crippen LogP contribution < -0.4 is 42.8 Å². The van der Waals surface area contributed by atoms with Gasteiger partial charge in [0.25, 0.3) is 0 Å². The number of hydrogen-bond donors (Lipinski definition) is 0. The van der Waals surface area contributed by atoms with Crippen LogP contribution in [0.15, 0.2) is 36.5 Å². The Morgan fingerprint density at radius 3 is 2.18 bits per heavy atom. The molecule has 5 heteroatoms. The summed E-state index contributed by atoms with van der Waals surface area (Å²) in [6.45, 7) is 0. The second kappa shape index (κ2) is 8.63. The molecule has 2 rings (SSSR count). The van der Waals surface area contributed by atoms with Crippen LogP contribution in [-0.4, -0.2) is 21.3 Å². The lowest BCUT2D eigenvalue weighted by Crippen LogP contribution is -3.00. The van der Waals surface area contributed by atoms with Gasteiger partial charge in [-0.15, -0.1) is 0 Å². The van der Waals surface area contributed by atoms with Gasteiger partial charge < -0.3 is 38.2 Å². The summed E-state index contributed by atoms with van der Waals surface area (Å²) in [5, 5.41) is 0. The molecule has 1 aromatic carbocycles. The molecule has 0 N–H and O–H groups in total. The van der Waals surface area contributed by atoms with Crippen LogP contribution in [0, 0.1) is 0 Å². The number of pyridine rings is 1. The Hall–Kier alpha value is -1.76. The molecule has 0 radical (unpaired) electrons. The minimum Gasteiger partial charge on any atom is -1.00 e. The van der Waals surface area contributed by atoms with E-state index in [2.05, 4.69) is 0 Å². The van der Waals surface area contributed by atoms with Gasteiger partial charge in [-0.3, -0.25) is 0 Å². The molecule has 0 saturated carbocycles. The predicted octanol–water partition coefficient (Wildman–Crippen LogP) is -0.289. The Bertz CT molecular complexity index is 656. The van der Waals surface area contributed by atoms with Gasteiger partial charge in [-0.05, 0) is 24.3 Å². The number of hydrogen-bond acceptors (Lipinski definition) is 3. The van der Waals surface area contributed by atoms with Gasteiger partial charge in [-0.25, -0.2) is 4.57 Å². The van der Waals surface area contributed by atoms with Crippen LogP contribution in [0.25, 0.3) is 12.2 Å². The smallest absolute Gasteiger partial charge is 0.204 e. The highest BCUT2D eigenvalue weighted by Gasteiger charge is 2.14. The second-order valence-electron chi connectivity index (χ2n) is 4.49. The average molecular weight is 413 g/mol. The number of halogens is 1. The maximum absolute atomic E-state index is 5.47. The van der Waals surface area contributed by atoms with E-state index >= 15 is 0 Å². The van der Waals surface area contributed by atoms with E-state index in [-0.39, 0.29) is 24.0 Å². The molecule has 0 amide bonds. The average Bonchev–Trinajstić information content (AvgIpc) is 2.52. The molecule has 1 aromatic heterocycles. The summed E-state index contributed by atoms with van der Waals surface area (Å²) in [7, 11) is 6.84. The van der Waals surface area contributed by atoms with Crippen LogP contribution in [0.1, 0.15) is 11.3 Å². The fourth-order valence-electron chi connectivity index (χ4n) is 2.14. The maximum Gasteiger partial charge on any atom is 0.204 e. The summed E-state index contributed by atoms with van der Waals surface area (Å²) in [5.41, 5.74) is 2.02. The second-order valence-corrected chi connectivity index (χ2v) is 4.49. The molecule has 1 heterocycles. The van der Waals surface area contributed by atoms with Crippen molar-refractivity contribution < 1.29 is 42.8 Å². The van der Waals surface area contributed by atoms with E-state index in [1.165, 1.54) is 0 Å². The van der Waals surface area contributed by atoms with Crippen LogP contribution in [0.5, 0.6) is 17.2 Å². The molecule has 0 fully saturated rings. The summed E-state index contributed by atoms with van der Waals surface area (Å²) in [5.74, 6) is 1.91. The SMILES string of the molecule is COc1ccc(C=Cc2cccc[n+]2C)c(OC)c1OC.[I-]. The van der Waals surface area contributed by atoms with Crippen molar-refractivity contribution in [3.05, 3.63) is 47.8 Å². The third-order valence-corrected chi connectivity index (χ3v) is 3.26. The summed E-state index contributed by atoms with van der Waals surface area (Å²) < 4.78 is 18.2. The molecule has 2 aromatic rings. The lowest BCUT2D eigenvalue weighted by molar-refractivity contribution is -0.673. The summed E-state index contributed by atoms with van der Waals surface area (Å²) in [6.07, 6.45) is 6.03. The molecule has 0 aliphatic heterocycles. The lowest BCUT2D eigenvalue weighted by atomic mass is 10.1. The molecule has 0 unspecified atom stereocenters. The highest BCUT2D eigenvalue weighted by Crippen LogP contribution is 2.40. The van der Waals surface area contributed by atoms with Crippen LogP contribution in [0.4, 0.5) is 0 Å². The van der Waals surface area contributed by atoms with Gasteiger partial charge in [-0.1, -0.05) is 0 Å². The Morgan fingerprint density at radius 1 is 0.864 bits per heavy atom. The molecule has 0 bridgehead atoms. The predicted molar refractivity (Wildman–Crippen MR) is 82.6 cm³/mol. The molecule has 0 aliphatic carbocycles. The number of aromatic nitrogens is 1. The standard InChI is InChI=1S/C17H20NO3.HI/c1-18-12-6-5-7-14(18)10-8-13-9-11-15(19-2)17(21-4)16(13)20-3;/h5-12H,1-4H3;1H/q+1;/p-1. The Morgan fingerprint density at radius 2 is 1.59 bits per heavy atom. The van der Waals surface area contributed by atoms with Gasteiger partial charge in [-0.2, -0.15) is 0 Å². The van der Waals surface area contributed by atoms with Gasteiger partial charge in [0.15, 0.2) is 17.7 Å². The zero-order valence-corrected chi connectivity index (χ0v) is 15.3. The molecular weight excluding hydrogens is 393 g/mol. The third-order valence-electron chi connectivity index (χ3n) is 3.26. The van der Waals surface area contributed by atoms with Crippen molar-refractivity contribution >= 4 is 12.2 Å². The number of benzene rings is 1. The largest absolute Gasteiger partial charge is 1.00 e. The van der Waals surface area contributed by atoms with Crippen molar-refractivity contribution in [3.8, 4) is 17.2 Å². The molecule has 0 saturated heterocycles. The van der Waals surface area contributed by atoms with Gasteiger partial charge >= 0.3 is 0 Å². The summed E-state index contributed by atoms with van der Waals surface area (Å²) in [6, 6.07) is 9.86. The van der Waals surface area contributed by atoms with Crippen LogP contribution >= 0.6 is 0 Å². The van der Waals surface area contributed by atoms with E-state index in [0.29, 0.717) is 17.2 Å². The Labute approximate surface area is 148 Å². The first-order valence-corrected chi connectivity index (χ1v) is 6.63. The third kappa shape index (κ3) is 3.91. The minimum absolute atomic E-state index is 0. The van der Waals surface area contributed by atoms with E-state index in [9.17, 15) is 0 Å². The molecule has 0 spiro atoms.